The van der Waals surface area contributed by atoms with E-state index in [0.717, 1.165) is 0 Å². The first-order chi connectivity index (χ1) is 7.97. The van der Waals surface area contributed by atoms with E-state index in [4.69, 9.17) is 9.84 Å². The van der Waals surface area contributed by atoms with E-state index in [0.29, 0.717) is 0 Å². The first kappa shape index (κ1) is 16.7. The number of hydrogen-bond donors (Lipinski definition) is 2. The molecule has 104 valence electrons. The quantitative estimate of drug-likeness (QED) is 0.756. The summed E-state index contributed by atoms with van der Waals surface area (Å²) in [7, 11) is -1.50. The van der Waals surface area contributed by atoms with Crippen molar-refractivity contribution in [3.8, 4) is 0 Å². The summed E-state index contributed by atoms with van der Waals surface area (Å²) in [6.07, 6.45) is -2.42. The van der Waals surface area contributed by atoms with Gasteiger partial charge in [-0.1, -0.05) is 0 Å². The maximum Gasteiger partial charge on any atom is 0.408 e. The summed E-state index contributed by atoms with van der Waals surface area (Å²) in [5.74, 6) is -1.66. The number of aliphatic carboxylic acids is 1. The Bertz CT molecular complexity index is 342. The zero-order valence-corrected chi connectivity index (χ0v) is 11.0. The molecule has 0 rings (SSSR count). The van der Waals surface area contributed by atoms with E-state index in [2.05, 4.69) is 0 Å². The third kappa shape index (κ3) is 7.11. The fraction of sp³-hybridized carbons (Fsp3) is 0.778. The van der Waals surface area contributed by atoms with E-state index in [9.17, 15) is 22.9 Å². The van der Waals surface area contributed by atoms with Crippen LogP contribution < -0.4 is 5.32 Å². The van der Waals surface area contributed by atoms with E-state index >= 15 is 0 Å². The predicted octanol–water partition coefficient (Wildman–Crippen LogP) is 2.24. The van der Waals surface area contributed by atoms with Crippen molar-refractivity contribution in [3.05, 3.63) is 0 Å². The molecule has 0 aliphatic rings. The van der Waals surface area contributed by atoms with Crippen LogP contribution in [0.3, 0.4) is 0 Å². The van der Waals surface area contributed by atoms with Gasteiger partial charge in [-0.15, -0.1) is 0 Å². The van der Waals surface area contributed by atoms with Crippen molar-refractivity contribution < 1.29 is 32.8 Å². The zero-order valence-electron chi connectivity index (χ0n) is 10.1. The van der Waals surface area contributed by atoms with Crippen molar-refractivity contribution in [1.29, 1.82) is 0 Å². The lowest BCUT2D eigenvalue weighted by Gasteiger charge is -2.22. The van der Waals surface area contributed by atoms with Gasteiger partial charge in [-0.3, -0.25) is 4.57 Å². The number of amides is 1. The van der Waals surface area contributed by atoms with Gasteiger partial charge >= 0.3 is 17.7 Å². The molecule has 0 aliphatic carbocycles. The number of carbonyl (C=O) groups excluding carboxylic acids is 1. The molecule has 0 bridgehead atoms. The maximum absolute atomic E-state index is 12.8. The van der Waals surface area contributed by atoms with Crippen LogP contribution in [0.15, 0.2) is 0 Å². The third-order valence-electron chi connectivity index (χ3n) is 1.57. The SMILES string of the molecule is CC(C)(C)OC(=O)NC(CC(F)(F)P=O)C(=O)O. The van der Waals surface area contributed by atoms with Crippen LogP contribution in [0.25, 0.3) is 0 Å². The van der Waals surface area contributed by atoms with Crippen molar-refractivity contribution >= 4 is 20.5 Å². The maximum atomic E-state index is 12.8. The normalized spacial score (nSPS) is 14.1. The summed E-state index contributed by atoms with van der Waals surface area (Å²) in [5, 5.41) is 10.4. The van der Waals surface area contributed by atoms with Gasteiger partial charge < -0.3 is 15.2 Å². The number of halogens is 2. The van der Waals surface area contributed by atoms with Crippen LogP contribution >= 0.6 is 8.46 Å². The molecule has 0 aliphatic heterocycles. The number of carboxylic acids is 1. The Morgan fingerprint density at radius 2 is 1.89 bits per heavy atom. The summed E-state index contributed by atoms with van der Waals surface area (Å²) in [6, 6.07) is -1.88. The highest BCUT2D eigenvalue weighted by molar-refractivity contribution is 7.25. The summed E-state index contributed by atoms with van der Waals surface area (Å²) in [5.41, 5.74) is -4.61. The predicted molar refractivity (Wildman–Crippen MR) is 58.0 cm³/mol. The van der Waals surface area contributed by atoms with Gasteiger partial charge in [0.25, 0.3) is 0 Å². The monoisotopic (exact) mass is 285 g/mol. The van der Waals surface area contributed by atoms with Crippen LogP contribution in [0.1, 0.15) is 27.2 Å². The number of hydrogen-bond acceptors (Lipinski definition) is 4. The van der Waals surface area contributed by atoms with E-state index in [1.165, 1.54) is 20.8 Å². The summed E-state index contributed by atoms with van der Waals surface area (Å²) in [6.45, 7) is 4.60. The van der Waals surface area contributed by atoms with Gasteiger partial charge in [-0.2, -0.15) is 8.78 Å². The summed E-state index contributed by atoms with van der Waals surface area (Å²) in [4.78, 5) is 21.9. The highest BCUT2D eigenvalue weighted by Gasteiger charge is 2.38. The van der Waals surface area contributed by atoms with Crippen molar-refractivity contribution in [2.24, 2.45) is 0 Å². The topological polar surface area (TPSA) is 92.7 Å². The minimum atomic E-state index is -3.72. The smallest absolute Gasteiger partial charge is 0.408 e. The number of carbonyl (C=O) groups is 2. The fourth-order valence-corrected chi connectivity index (χ4v) is 1.19. The van der Waals surface area contributed by atoms with Gasteiger partial charge in [0.05, 0.1) is 6.42 Å². The molecule has 9 heteroatoms. The second-order valence-electron chi connectivity index (χ2n) is 4.50. The lowest BCUT2D eigenvalue weighted by Crippen LogP contribution is -2.45. The Labute approximate surface area is 104 Å². The van der Waals surface area contributed by atoms with Gasteiger partial charge in [0.2, 0.25) is 8.46 Å². The molecule has 0 aromatic heterocycles. The second-order valence-corrected chi connectivity index (χ2v) is 5.34. The molecule has 0 saturated heterocycles. The molecular formula is C9H14F2NO5P. The Kier molecular flexibility index (Phi) is 5.60. The number of nitrogens with one attached hydrogen (secondary N) is 1. The van der Waals surface area contributed by atoms with Gasteiger partial charge in [0.1, 0.15) is 11.6 Å². The first-order valence-electron chi connectivity index (χ1n) is 4.91. The van der Waals surface area contributed by atoms with E-state index in [-0.39, 0.29) is 0 Å². The van der Waals surface area contributed by atoms with E-state index in [1.807, 2.05) is 0 Å². The van der Waals surface area contributed by atoms with Crippen molar-refractivity contribution in [3.63, 3.8) is 0 Å². The number of rotatable bonds is 5. The molecule has 18 heavy (non-hydrogen) atoms. The average Bonchev–Trinajstić information content (AvgIpc) is 2.13. The lowest BCUT2D eigenvalue weighted by atomic mass is 10.2. The largest absolute Gasteiger partial charge is 0.480 e. The number of carboxylic acid groups (broad SMARTS) is 1. The molecule has 0 spiro atoms. The molecule has 0 fully saturated rings. The molecule has 0 heterocycles. The highest BCUT2D eigenvalue weighted by Crippen LogP contribution is 2.31. The van der Waals surface area contributed by atoms with Gasteiger partial charge in [-0.05, 0) is 20.8 Å². The molecule has 1 atom stereocenters. The van der Waals surface area contributed by atoms with Gasteiger partial charge in [-0.25, -0.2) is 9.59 Å². The molecule has 0 radical (unpaired) electrons. The third-order valence-corrected chi connectivity index (χ3v) is 2.02. The first-order valence-corrected chi connectivity index (χ1v) is 5.73. The minimum Gasteiger partial charge on any atom is -0.480 e. The Hall–Kier alpha value is -1.30. The van der Waals surface area contributed by atoms with E-state index < -0.39 is 44.2 Å². The van der Waals surface area contributed by atoms with Crippen molar-refractivity contribution in [2.75, 3.05) is 0 Å². The molecule has 6 nitrogen and oxygen atoms in total. The van der Waals surface area contributed by atoms with Crippen molar-refractivity contribution in [1.82, 2.24) is 5.32 Å². The van der Waals surface area contributed by atoms with Crippen LogP contribution in [0.4, 0.5) is 13.6 Å². The molecule has 2 N–H and O–H groups in total. The Balaban J connectivity index is 4.61. The standard InChI is InChI=1S/C9H14F2NO5P/c1-8(2,3)17-7(15)12-5(6(13)14)4-9(10,11)18-16/h5H,4H2,1-3H3,(H,12,15)(H,13,14). The zero-order chi connectivity index (χ0) is 14.6. The molecule has 0 aromatic carbocycles. The van der Waals surface area contributed by atoms with Gasteiger partial charge in [0, 0.05) is 0 Å². The van der Waals surface area contributed by atoms with Gasteiger partial charge in [0.15, 0.2) is 0 Å². The van der Waals surface area contributed by atoms with Crippen LogP contribution in [-0.2, 0) is 14.1 Å². The summed E-state index contributed by atoms with van der Waals surface area (Å²) < 4.78 is 40.4. The van der Waals surface area contributed by atoms with Crippen LogP contribution in [-0.4, -0.2) is 34.5 Å². The molecule has 0 saturated carbocycles. The number of alkyl carbamates (subject to hydrolysis) is 1. The van der Waals surface area contributed by atoms with Crippen LogP contribution in [0.2, 0.25) is 0 Å². The number of ether oxygens (including phenoxy) is 1. The van der Waals surface area contributed by atoms with Crippen LogP contribution in [0, 0.1) is 0 Å². The van der Waals surface area contributed by atoms with Crippen LogP contribution in [0.5, 0.6) is 0 Å². The average molecular weight is 285 g/mol. The molecule has 1 amide bonds. The summed E-state index contributed by atoms with van der Waals surface area (Å²) >= 11 is 0. The Morgan fingerprint density at radius 3 is 2.22 bits per heavy atom. The second kappa shape index (κ2) is 6.04. The molecule has 1 unspecified atom stereocenters. The number of alkyl halides is 2. The lowest BCUT2D eigenvalue weighted by molar-refractivity contribution is -0.141. The van der Waals surface area contributed by atoms with Crippen molar-refractivity contribution in [2.45, 2.75) is 44.5 Å². The Morgan fingerprint density at radius 1 is 1.39 bits per heavy atom. The highest BCUT2D eigenvalue weighted by atomic mass is 31.1. The fourth-order valence-electron chi connectivity index (χ4n) is 0.933. The molecular weight excluding hydrogens is 271 g/mol. The molecule has 0 aromatic rings. The van der Waals surface area contributed by atoms with E-state index in [1.54, 1.807) is 5.32 Å². The minimum absolute atomic E-state index is 0.883.